The fraction of sp³-hybridized carbons (Fsp3) is 0.455. The quantitative estimate of drug-likeness (QED) is 0.761. The van der Waals surface area contributed by atoms with Crippen LogP contribution in [0.2, 0.25) is 0 Å². The van der Waals surface area contributed by atoms with Crippen molar-refractivity contribution in [3.63, 3.8) is 0 Å². The van der Waals surface area contributed by atoms with E-state index in [9.17, 15) is 0 Å². The lowest BCUT2D eigenvalue weighted by Crippen LogP contribution is -2.16. The summed E-state index contributed by atoms with van der Waals surface area (Å²) >= 11 is 0. The monoisotopic (exact) mass is 341 g/mol. The topological polar surface area (TPSA) is 44.5 Å². The summed E-state index contributed by atoms with van der Waals surface area (Å²) in [5.74, 6) is 2.37. The van der Waals surface area contributed by atoms with E-state index in [-0.39, 0.29) is 0 Å². The molecule has 0 radical (unpaired) electrons. The van der Waals surface area contributed by atoms with Crippen LogP contribution in [0.5, 0.6) is 11.5 Å². The molecule has 136 valence electrons. The Bertz CT molecular complexity index is 694. The zero-order chi connectivity index (χ0) is 18.4. The molecule has 2 N–H and O–H groups in total. The van der Waals surface area contributed by atoms with Crippen molar-refractivity contribution in [2.24, 2.45) is 11.7 Å². The Morgan fingerprint density at radius 2 is 1.76 bits per heavy atom. The van der Waals surface area contributed by atoms with Crippen molar-refractivity contribution in [2.45, 2.75) is 40.0 Å². The molecule has 0 amide bonds. The second kappa shape index (κ2) is 8.91. The Labute approximate surface area is 152 Å². The summed E-state index contributed by atoms with van der Waals surface area (Å²) in [6.45, 7) is 9.86. The minimum absolute atomic E-state index is 0.298. The van der Waals surface area contributed by atoms with Crippen molar-refractivity contribution in [3.05, 3.63) is 58.7 Å². The number of ether oxygens (including phenoxy) is 2. The van der Waals surface area contributed by atoms with Crippen LogP contribution in [0.4, 0.5) is 0 Å². The van der Waals surface area contributed by atoms with Crippen molar-refractivity contribution >= 4 is 0 Å². The highest BCUT2D eigenvalue weighted by molar-refractivity contribution is 5.44. The van der Waals surface area contributed by atoms with E-state index in [0.717, 1.165) is 17.9 Å². The zero-order valence-corrected chi connectivity index (χ0v) is 16.1. The van der Waals surface area contributed by atoms with Gasteiger partial charge < -0.3 is 15.2 Å². The van der Waals surface area contributed by atoms with Crippen LogP contribution in [0.15, 0.2) is 36.4 Å². The maximum Gasteiger partial charge on any atom is 0.161 e. The SMILES string of the molecule is COc1cc(CC(CN)c2cc(C)ccc2C)ccc1OCC(C)C. The Morgan fingerprint density at radius 3 is 2.40 bits per heavy atom. The number of nitrogens with two attached hydrogens (primary N) is 1. The number of aryl methyl sites for hydroxylation is 2. The number of hydrogen-bond donors (Lipinski definition) is 1. The van der Waals surface area contributed by atoms with Gasteiger partial charge in [0.2, 0.25) is 0 Å². The zero-order valence-electron chi connectivity index (χ0n) is 16.1. The van der Waals surface area contributed by atoms with Crippen LogP contribution >= 0.6 is 0 Å². The first kappa shape index (κ1) is 19.3. The summed E-state index contributed by atoms with van der Waals surface area (Å²) in [5.41, 5.74) is 11.2. The first-order chi connectivity index (χ1) is 11.9. The lowest BCUT2D eigenvalue weighted by Gasteiger charge is -2.20. The molecule has 0 spiro atoms. The molecule has 0 fully saturated rings. The van der Waals surface area contributed by atoms with Gasteiger partial charge in [-0.15, -0.1) is 0 Å². The van der Waals surface area contributed by atoms with Gasteiger partial charge in [-0.05, 0) is 61.6 Å². The highest BCUT2D eigenvalue weighted by Gasteiger charge is 2.15. The summed E-state index contributed by atoms with van der Waals surface area (Å²) in [6.07, 6.45) is 0.890. The minimum Gasteiger partial charge on any atom is -0.493 e. The van der Waals surface area contributed by atoms with E-state index < -0.39 is 0 Å². The third-order valence-corrected chi connectivity index (χ3v) is 4.44. The summed E-state index contributed by atoms with van der Waals surface area (Å²) in [7, 11) is 1.69. The standard InChI is InChI=1S/C22H31NO2/c1-15(2)14-25-21-9-8-18(12-22(21)24-5)11-19(13-23)20-10-16(3)6-7-17(20)4/h6-10,12,15,19H,11,13-14,23H2,1-5H3. The second-order valence-electron chi connectivity index (χ2n) is 7.19. The molecule has 0 aliphatic rings. The maximum absolute atomic E-state index is 6.10. The van der Waals surface area contributed by atoms with Crippen molar-refractivity contribution < 1.29 is 9.47 Å². The fourth-order valence-electron chi connectivity index (χ4n) is 3.02. The number of benzene rings is 2. The van der Waals surface area contributed by atoms with Gasteiger partial charge in [-0.25, -0.2) is 0 Å². The van der Waals surface area contributed by atoms with Crippen molar-refractivity contribution in [2.75, 3.05) is 20.3 Å². The van der Waals surface area contributed by atoms with Crippen LogP contribution in [0, 0.1) is 19.8 Å². The molecule has 0 saturated carbocycles. The van der Waals surface area contributed by atoms with Gasteiger partial charge in [-0.1, -0.05) is 43.7 Å². The lowest BCUT2D eigenvalue weighted by atomic mass is 9.88. The molecule has 1 unspecified atom stereocenters. The van der Waals surface area contributed by atoms with Gasteiger partial charge in [0.25, 0.3) is 0 Å². The van der Waals surface area contributed by atoms with E-state index in [4.69, 9.17) is 15.2 Å². The second-order valence-corrected chi connectivity index (χ2v) is 7.19. The molecule has 3 nitrogen and oxygen atoms in total. The highest BCUT2D eigenvalue weighted by Crippen LogP contribution is 2.31. The molecule has 0 bridgehead atoms. The normalized spacial score (nSPS) is 12.3. The Morgan fingerprint density at radius 1 is 1.00 bits per heavy atom. The van der Waals surface area contributed by atoms with Crippen molar-refractivity contribution in [1.82, 2.24) is 0 Å². The molecule has 3 heteroatoms. The molecule has 0 heterocycles. The molecule has 2 rings (SSSR count). The van der Waals surface area contributed by atoms with Crippen LogP contribution in [-0.4, -0.2) is 20.3 Å². The van der Waals surface area contributed by atoms with E-state index in [2.05, 4.69) is 58.0 Å². The molecule has 1 atom stereocenters. The molecule has 0 aromatic heterocycles. The van der Waals surface area contributed by atoms with Gasteiger partial charge >= 0.3 is 0 Å². The molecule has 25 heavy (non-hydrogen) atoms. The molecule has 2 aromatic rings. The number of rotatable bonds is 8. The highest BCUT2D eigenvalue weighted by atomic mass is 16.5. The average molecular weight is 341 g/mol. The average Bonchev–Trinajstić information content (AvgIpc) is 2.60. The lowest BCUT2D eigenvalue weighted by molar-refractivity contribution is 0.256. The van der Waals surface area contributed by atoms with Crippen LogP contribution in [0.1, 0.15) is 42.0 Å². The van der Waals surface area contributed by atoms with Gasteiger partial charge in [0, 0.05) is 5.92 Å². The fourth-order valence-corrected chi connectivity index (χ4v) is 3.02. The Hall–Kier alpha value is -2.00. The molecule has 2 aromatic carbocycles. The van der Waals surface area contributed by atoms with Crippen LogP contribution in [0.3, 0.4) is 0 Å². The maximum atomic E-state index is 6.10. The van der Waals surface area contributed by atoms with E-state index in [1.165, 1.54) is 22.3 Å². The Kier molecular flexibility index (Phi) is 6.89. The predicted molar refractivity (Wildman–Crippen MR) is 105 cm³/mol. The van der Waals surface area contributed by atoms with Crippen LogP contribution < -0.4 is 15.2 Å². The summed E-state index contributed by atoms with van der Waals surface area (Å²) in [5, 5.41) is 0. The smallest absolute Gasteiger partial charge is 0.161 e. The molecule has 0 aliphatic carbocycles. The van der Waals surface area contributed by atoms with E-state index in [1.54, 1.807) is 7.11 Å². The molecule has 0 aliphatic heterocycles. The third-order valence-electron chi connectivity index (χ3n) is 4.44. The van der Waals surface area contributed by atoms with Crippen LogP contribution in [0.25, 0.3) is 0 Å². The van der Waals surface area contributed by atoms with Crippen LogP contribution in [-0.2, 0) is 6.42 Å². The largest absolute Gasteiger partial charge is 0.493 e. The van der Waals surface area contributed by atoms with E-state index in [1.807, 2.05) is 6.07 Å². The van der Waals surface area contributed by atoms with Gasteiger partial charge in [0.1, 0.15) is 0 Å². The Balaban J connectivity index is 2.21. The summed E-state index contributed by atoms with van der Waals surface area (Å²) in [4.78, 5) is 0. The molecular weight excluding hydrogens is 310 g/mol. The molecular formula is C22H31NO2. The van der Waals surface area contributed by atoms with Gasteiger partial charge in [-0.3, -0.25) is 0 Å². The number of methoxy groups -OCH3 is 1. The first-order valence-electron chi connectivity index (χ1n) is 9.01. The van der Waals surface area contributed by atoms with Gasteiger partial charge in [0.05, 0.1) is 13.7 Å². The predicted octanol–water partition coefficient (Wildman–Crippen LogP) is 4.63. The molecule has 0 saturated heterocycles. The first-order valence-corrected chi connectivity index (χ1v) is 9.01. The van der Waals surface area contributed by atoms with Crippen molar-refractivity contribution in [1.29, 1.82) is 0 Å². The van der Waals surface area contributed by atoms with Crippen molar-refractivity contribution in [3.8, 4) is 11.5 Å². The minimum atomic E-state index is 0.298. The number of hydrogen-bond acceptors (Lipinski definition) is 3. The summed E-state index contributed by atoms with van der Waals surface area (Å²) < 4.78 is 11.4. The van der Waals surface area contributed by atoms with Gasteiger partial charge in [0.15, 0.2) is 11.5 Å². The van der Waals surface area contributed by atoms with E-state index in [0.29, 0.717) is 25.0 Å². The van der Waals surface area contributed by atoms with Gasteiger partial charge in [-0.2, -0.15) is 0 Å². The summed E-state index contributed by atoms with van der Waals surface area (Å²) in [6, 6.07) is 12.8. The van der Waals surface area contributed by atoms with E-state index >= 15 is 0 Å². The third kappa shape index (κ3) is 5.23.